The molecule has 4 rings (SSSR count). The Hall–Kier alpha value is -1.95. The first kappa shape index (κ1) is 20.3. The molecule has 1 aliphatic heterocycles. The zero-order valence-corrected chi connectivity index (χ0v) is 17.5. The summed E-state index contributed by atoms with van der Waals surface area (Å²) in [6.45, 7) is 6.67. The number of carbonyl (C=O) groups excluding carboxylic acids is 2. The van der Waals surface area contributed by atoms with E-state index in [2.05, 4.69) is 17.1 Å². The molecule has 1 atom stereocenters. The topological polar surface area (TPSA) is 52.7 Å². The Bertz CT molecular complexity index is 787. The first-order chi connectivity index (χ1) is 13.9. The van der Waals surface area contributed by atoms with Crippen molar-refractivity contribution < 1.29 is 14.0 Å². The summed E-state index contributed by atoms with van der Waals surface area (Å²) in [4.78, 5) is 29.2. The molecule has 2 amide bonds. The Morgan fingerprint density at radius 3 is 2.48 bits per heavy atom. The van der Waals surface area contributed by atoms with Crippen LogP contribution in [0.2, 0.25) is 0 Å². The number of halogens is 1. The van der Waals surface area contributed by atoms with Gasteiger partial charge in [0.25, 0.3) is 0 Å². The van der Waals surface area contributed by atoms with E-state index in [0.717, 1.165) is 57.2 Å². The zero-order chi connectivity index (χ0) is 20.5. The van der Waals surface area contributed by atoms with Crippen molar-refractivity contribution in [3.63, 3.8) is 0 Å². The summed E-state index contributed by atoms with van der Waals surface area (Å²) in [7, 11) is 0. The fourth-order valence-electron chi connectivity index (χ4n) is 4.77. The Morgan fingerprint density at radius 1 is 1.10 bits per heavy atom. The lowest BCUT2D eigenvalue weighted by atomic mass is 10.0. The average molecular weight is 402 g/mol. The summed E-state index contributed by atoms with van der Waals surface area (Å²) < 4.78 is 14.6. The molecule has 1 N–H and O–H groups in total. The molecule has 1 saturated heterocycles. The van der Waals surface area contributed by atoms with Crippen LogP contribution in [0.15, 0.2) is 12.1 Å². The minimum atomic E-state index is -0.232. The summed E-state index contributed by atoms with van der Waals surface area (Å²) in [5.41, 5.74) is 2.15. The molecule has 1 aromatic rings. The predicted molar refractivity (Wildman–Crippen MR) is 111 cm³/mol. The van der Waals surface area contributed by atoms with Crippen molar-refractivity contribution in [1.82, 2.24) is 9.80 Å². The number of hydrogen-bond acceptors (Lipinski definition) is 3. The van der Waals surface area contributed by atoms with Crippen LogP contribution in [-0.2, 0) is 16.1 Å². The summed E-state index contributed by atoms with van der Waals surface area (Å²) in [6.07, 6.45) is 6.26. The average Bonchev–Trinajstić information content (AvgIpc) is 3.41. The van der Waals surface area contributed by atoms with Gasteiger partial charge in [0.2, 0.25) is 11.8 Å². The molecule has 29 heavy (non-hydrogen) atoms. The number of anilines is 1. The third-order valence-electron chi connectivity index (χ3n) is 6.83. The van der Waals surface area contributed by atoms with Crippen LogP contribution in [0.3, 0.4) is 0 Å². The molecule has 5 nitrogen and oxygen atoms in total. The summed E-state index contributed by atoms with van der Waals surface area (Å²) >= 11 is 0. The van der Waals surface area contributed by atoms with Crippen LogP contribution < -0.4 is 5.32 Å². The molecule has 1 heterocycles. The molecular weight excluding hydrogens is 369 g/mol. The van der Waals surface area contributed by atoms with Crippen LogP contribution >= 0.6 is 0 Å². The SMILES string of the molecule is Cc1c(NC(=O)C2CC2)ccc(F)c1CN1CCN(C(=O)C2CCCC2)C(C)C1. The molecule has 0 radical (unpaired) electrons. The fraction of sp³-hybridized carbons (Fsp3) is 0.652. The molecule has 0 bridgehead atoms. The molecule has 0 spiro atoms. The number of amides is 2. The second kappa shape index (κ2) is 8.42. The van der Waals surface area contributed by atoms with E-state index in [1.807, 2.05) is 11.8 Å². The van der Waals surface area contributed by atoms with Gasteiger partial charge in [-0.3, -0.25) is 14.5 Å². The van der Waals surface area contributed by atoms with Gasteiger partial charge in [-0.15, -0.1) is 0 Å². The van der Waals surface area contributed by atoms with Crippen LogP contribution in [-0.4, -0.2) is 47.3 Å². The Morgan fingerprint density at radius 2 is 1.83 bits per heavy atom. The Labute approximate surface area is 172 Å². The van der Waals surface area contributed by atoms with E-state index in [-0.39, 0.29) is 29.6 Å². The van der Waals surface area contributed by atoms with Gasteiger partial charge < -0.3 is 10.2 Å². The minimum Gasteiger partial charge on any atom is -0.337 e. The van der Waals surface area contributed by atoms with Crippen molar-refractivity contribution in [1.29, 1.82) is 0 Å². The standard InChI is InChI=1S/C23H32FN3O2/c1-15-13-26(11-12-27(15)23(29)18-5-3-4-6-18)14-19-16(2)21(10-9-20(19)24)25-22(28)17-7-8-17/h9-10,15,17-18H,3-8,11-14H2,1-2H3,(H,25,28). The lowest BCUT2D eigenvalue weighted by molar-refractivity contribution is -0.140. The molecule has 158 valence electrons. The first-order valence-corrected chi connectivity index (χ1v) is 11.1. The molecule has 3 fully saturated rings. The van der Waals surface area contributed by atoms with Crippen molar-refractivity contribution in [2.24, 2.45) is 11.8 Å². The van der Waals surface area contributed by atoms with Gasteiger partial charge in [-0.05, 0) is 57.2 Å². The highest BCUT2D eigenvalue weighted by Gasteiger charge is 2.34. The van der Waals surface area contributed by atoms with Gasteiger partial charge in [-0.2, -0.15) is 0 Å². The van der Waals surface area contributed by atoms with Crippen LogP contribution in [0, 0.1) is 24.6 Å². The van der Waals surface area contributed by atoms with E-state index < -0.39 is 0 Å². The molecule has 1 aromatic carbocycles. The van der Waals surface area contributed by atoms with E-state index in [1.54, 1.807) is 6.07 Å². The van der Waals surface area contributed by atoms with E-state index in [9.17, 15) is 14.0 Å². The van der Waals surface area contributed by atoms with Crippen LogP contribution in [0.1, 0.15) is 56.6 Å². The molecule has 1 unspecified atom stereocenters. The van der Waals surface area contributed by atoms with Crippen molar-refractivity contribution in [3.05, 3.63) is 29.1 Å². The van der Waals surface area contributed by atoms with E-state index in [1.165, 1.54) is 6.07 Å². The smallest absolute Gasteiger partial charge is 0.227 e. The van der Waals surface area contributed by atoms with Crippen molar-refractivity contribution in [2.75, 3.05) is 25.0 Å². The number of rotatable bonds is 5. The number of piperazine rings is 1. The van der Waals surface area contributed by atoms with E-state index in [4.69, 9.17) is 0 Å². The quantitative estimate of drug-likeness (QED) is 0.818. The molecule has 6 heteroatoms. The monoisotopic (exact) mass is 401 g/mol. The number of benzene rings is 1. The van der Waals surface area contributed by atoms with Gasteiger partial charge in [0.15, 0.2) is 0 Å². The minimum absolute atomic E-state index is 0.0401. The van der Waals surface area contributed by atoms with Crippen LogP contribution in [0.25, 0.3) is 0 Å². The van der Waals surface area contributed by atoms with Gasteiger partial charge >= 0.3 is 0 Å². The predicted octanol–water partition coefficient (Wildman–Crippen LogP) is 3.71. The molecule has 2 saturated carbocycles. The fourth-order valence-corrected chi connectivity index (χ4v) is 4.77. The third kappa shape index (κ3) is 4.47. The second-order valence-electron chi connectivity index (χ2n) is 9.06. The van der Waals surface area contributed by atoms with Gasteiger partial charge in [0, 0.05) is 55.3 Å². The van der Waals surface area contributed by atoms with Gasteiger partial charge in [0.05, 0.1) is 0 Å². The van der Waals surface area contributed by atoms with Crippen LogP contribution in [0.4, 0.5) is 10.1 Å². The number of nitrogens with zero attached hydrogens (tertiary/aromatic N) is 2. The lowest BCUT2D eigenvalue weighted by Crippen LogP contribution is -2.54. The van der Waals surface area contributed by atoms with Gasteiger partial charge in [-0.1, -0.05) is 12.8 Å². The maximum Gasteiger partial charge on any atom is 0.227 e. The zero-order valence-electron chi connectivity index (χ0n) is 17.5. The molecular formula is C23H32FN3O2. The normalized spacial score (nSPS) is 23.4. The van der Waals surface area contributed by atoms with E-state index in [0.29, 0.717) is 30.2 Å². The highest BCUT2D eigenvalue weighted by Crippen LogP contribution is 2.32. The molecule has 0 aromatic heterocycles. The maximum absolute atomic E-state index is 14.6. The van der Waals surface area contributed by atoms with Gasteiger partial charge in [-0.25, -0.2) is 4.39 Å². The van der Waals surface area contributed by atoms with Crippen molar-refractivity contribution >= 4 is 17.5 Å². The number of carbonyl (C=O) groups is 2. The maximum atomic E-state index is 14.6. The summed E-state index contributed by atoms with van der Waals surface area (Å²) in [5.74, 6) is 0.439. The highest BCUT2D eigenvalue weighted by atomic mass is 19.1. The Kier molecular flexibility index (Phi) is 5.91. The summed E-state index contributed by atoms with van der Waals surface area (Å²) in [5, 5.41) is 2.96. The second-order valence-corrected chi connectivity index (χ2v) is 9.06. The van der Waals surface area contributed by atoms with Gasteiger partial charge in [0.1, 0.15) is 5.82 Å². The van der Waals surface area contributed by atoms with E-state index >= 15 is 0 Å². The van der Waals surface area contributed by atoms with Crippen molar-refractivity contribution in [3.8, 4) is 0 Å². The lowest BCUT2D eigenvalue weighted by Gasteiger charge is -2.41. The largest absolute Gasteiger partial charge is 0.337 e. The van der Waals surface area contributed by atoms with Crippen molar-refractivity contribution in [2.45, 2.75) is 65.0 Å². The first-order valence-electron chi connectivity index (χ1n) is 11.1. The number of nitrogens with one attached hydrogen (secondary N) is 1. The number of hydrogen-bond donors (Lipinski definition) is 1. The molecule has 2 aliphatic carbocycles. The third-order valence-corrected chi connectivity index (χ3v) is 6.83. The highest BCUT2D eigenvalue weighted by molar-refractivity contribution is 5.94. The van der Waals surface area contributed by atoms with Crippen LogP contribution in [0.5, 0.6) is 0 Å². The molecule has 3 aliphatic rings. The Balaban J connectivity index is 1.40. The summed E-state index contributed by atoms with van der Waals surface area (Å²) in [6, 6.07) is 3.25.